The molecule has 0 saturated carbocycles. The van der Waals surface area contributed by atoms with Crippen LogP contribution < -0.4 is 20.7 Å². The molecular weight excluding hydrogens is 569 g/mol. The van der Waals surface area contributed by atoms with E-state index in [9.17, 15) is 0 Å². The van der Waals surface area contributed by atoms with Crippen LogP contribution in [0.4, 0.5) is 0 Å². The van der Waals surface area contributed by atoms with Gasteiger partial charge in [0, 0.05) is 12.1 Å². The maximum absolute atomic E-state index is 7.10. The third-order valence-electron chi connectivity index (χ3n) is 7.47. The lowest BCUT2D eigenvalue weighted by molar-refractivity contribution is 0.392. The van der Waals surface area contributed by atoms with E-state index in [0.29, 0.717) is 0 Å². The van der Waals surface area contributed by atoms with Gasteiger partial charge in [0.2, 0.25) is 33.3 Å². The lowest BCUT2D eigenvalue weighted by Crippen LogP contribution is -2.62. The molecule has 0 amide bonds. The molecule has 0 saturated heterocycles. The molecule has 4 aliphatic heterocycles. The highest BCUT2D eigenvalue weighted by Crippen LogP contribution is 2.27. The second kappa shape index (κ2) is 11.1. The Labute approximate surface area is 238 Å². The molecule has 38 heavy (non-hydrogen) atoms. The smallest absolute Gasteiger partial charge is 0.318 e. The molecule has 4 bridgehead atoms. The van der Waals surface area contributed by atoms with Gasteiger partial charge < -0.3 is 16.5 Å². The fourth-order valence-corrected chi connectivity index (χ4v) is 32.2. The van der Waals surface area contributed by atoms with Crippen LogP contribution >= 0.6 is 0 Å². The van der Waals surface area contributed by atoms with Crippen LogP contribution in [-0.4, -0.2) is 50.4 Å². The second-order valence-corrected chi connectivity index (χ2v) is 35.9. The van der Waals surface area contributed by atoms with E-state index in [1.807, 2.05) is 12.2 Å². The third-order valence-corrected chi connectivity index (χ3v) is 31.5. The summed E-state index contributed by atoms with van der Waals surface area (Å²) < 4.78 is 28.4. The summed E-state index contributed by atoms with van der Waals surface area (Å²) in [6, 6.07) is 19.6. The number of benzene rings is 2. The molecule has 4 aliphatic rings. The molecule has 4 nitrogen and oxygen atoms in total. The Morgan fingerprint density at radius 3 is 0.789 bits per heavy atom. The average Bonchev–Trinajstić information content (AvgIpc) is 2.77. The molecule has 0 radical (unpaired) electrons. The van der Waals surface area contributed by atoms with E-state index in [1.165, 1.54) is 20.7 Å². The van der Waals surface area contributed by atoms with Crippen LogP contribution in [0.1, 0.15) is 0 Å². The predicted octanol–water partition coefficient (Wildman–Crippen LogP) is 5.63. The minimum atomic E-state index is -2.54. The van der Waals surface area contributed by atoms with Crippen molar-refractivity contribution in [1.82, 2.24) is 0 Å². The largest absolute Gasteiger partial charge is 0.432 e. The van der Waals surface area contributed by atoms with E-state index >= 15 is 0 Å². The zero-order valence-corrected chi connectivity index (χ0v) is 31.2. The van der Waals surface area contributed by atoms with Gasteiger partial charge in [0.1, 0.15) is 0 Å². The summed E-state index contributed by atoms with van der Waals surface area (Å²) in [5.74, 6) is 0. The van der Waals surface area contributed by atoms with Crippen LogP contribution in [-0.2, 0) is 16.5 Å². The first-order valence-electron chi connectivity index (χ1n) is 13.6. The number of rotatable bonds is 4. The number of hydrogen-bond donors (Lipinski definition) is 0. The Bertz CT molecular complexity index is 977. The summed E-state index contributed by atoms with van der Waals surface area (Å²) in [5.41, 5.74) is 0. The van der Waals surface area contributed by atoms with E-state index in [-0.39, 0.29) is 0 Å². The Morgan fingerprint density at radius 1 is 0.447 bits per heavy atom. The SMILES string of the molecule is C=CC[Si]1(C)O[Si](C)(C)c2ccc(cc2)[Si](C)(C)O[Si](C)(CC=C)O[Si](C)(C)c2ccc(cc2)[Si](C)(C)O1. The van der Waals surface area contributed by atoms with Crippen molar-refractivity contribution in [3.8, 4) is 0 Å². The first kappa shape index (κ1) is 31.6. The van der Waals surface area contributed by atoms with Crippen LogP contribution in [0.25, 0.3) is 0 Å². The average molecular weight is 617 g/mol. The summed E-state index contributed by atoms with van der Waals surface area (Å²) in [5, 5.41) is 5.10. The van der Waals surface area contributed by atoms with E-state index in [4.69, 9.17) is 16.5 Å². The maximum Gasteiger partial charge on any atom is 0.318 e. The fraction of sp³-hybridized carbons (Fsp3) is 0.429. The summed E-state index contributed by atoms with van der Waals surface area (Å²) in [7, 11) is -14.1. The lowest BCUT2D eigenvalue weighted by Gasteiger charge is -2.42. The van der Waals surface area contributed by atoms with Gasteiger partial charge in [0.15, 0.2) is 0 Å². The van der Waals surface area contributed by atoms with Gasteiger partial charge in [-0.05, 0) is 86.2 Å². The van der Waals surface area contributed by atoms with Gasteiger partial charge in [0.05, 0.1) is 0 Å². The zero-order valence-electron chi connectivity index (χ0n) is 25.2. The zero-order chi connectivity index (χ0) is 28.6. The van der Waals surface area contributed by atoms with Gasteiger partial charge >= 0.3 is 17.1 Å². The van der Waals surface area contributed by atoms with Gasteiger partial charge in [-0.2, -0.15) is 0 Å². The first-order valence-corrected chi connectivity index (χ1v) is 30.3. The molecule has 2 aromatic rings. The van der Waals surface area contributed by atoms with E-state index in [0.717, 1.165) is 12.1 Å². The molecule has 6 rings (SSSR count). The lowest BCUT2D eigenvalue weighted by atomic mass is 10.4. The second-order valence-electron chi connectivity index (χ2n) is 12.9. The normalized spacial score (nSPS) is 28.3. The van der Waals surface area contributed by atoms with Crippen LogP contribution in [0.15, 0.2) is 73.8 Å². The minimum absolute atomic E-state index is 0.768. The van der Waals surface area contributed by atoms with Crippen molar-refractivity contribution in [3.63, 3.8) is 0 Å². The van der Waals surface area contributed by atoms with Crippen molar-refractivity contribution in [2.24, 2.45) is 0 Å². The van der Waals surface area contributed by atoms with Crippen molar-refractivity contribution < 1.29 is 16.5 Å². The molecular formula is C28H48O4Si6. The predicted molar refractivity (Wildman–Crippen MR) is 179 cm³/mol. The molecule has 0 aromatic heterocycles. The van der Waals surface area contributed by atoms with Crippen molar-refractivity contribution in [2.45, 2.75) is 77.6 Å². The Morgan fingerprint density at radius 2 is 0.632 bits per heavy atom. The van der Waals surface area contributed by atoms with Crippen molar-refractivity contribution in [3.05, 3.63) is 73.8 Å². The van der Waals surface area contributed by atoms with E-state index in [1.54, 1.807) is 0 Å². The van der Waals surface area contributed by atoms with Crippen LogP contribution in [0.5, 0.6) is 0 Å². The highest BCUT2D eigenvalue weighted by Gasteiger charge is 2.46. The van der Waals surface area contributed by atoms with Gasteiger partial charge in [0.25, 0.3) is 0 Å². The van der Waals surface area contributed by atoms with Gasteiger partial charge in [-0.3, -0.25) is 0 Å². The Hall–Kier alpha value is -0.939. The standard InChI is InChI=1S/C28H48O4Si6/c1-13-23-37(11)29-33(3,4)25-15-19-27(20-16-25)35(7,8)31-38(12,24-14-2)32-36(9,10)28-21-17-26(18-22-28)34(5,6)30-37/h13-22H,1-2,23-24H2,3-12H3. The quantitative estimate of drug-likeness (QED) is 0.330. The third kappa shape index (κ3) is 7.22. The van der Waals surface area contributed by atoms with Crippen molar-refractivity contribution in [1.29, 1.82) is 0 Å². The Balaban J connectivity index is 2.18. The van der Waals surface area contributed by atoms with Crippen LogP contribution in [0, 0.1) is 0 Å². The van der Waals surface area contributed by atoms with Crippen molar-refractivity contribution >= 4 is 71.1 Å². The van der Waals surface area contributed by atoms with Crippen molar-refractivity contribution in [2.75, 3.05) is 0 Å². The molecule has 0 fully saturated rings. The molecule has 2 aromatic carbocycles. The monoisotopic (exact) mass is 616 g/mol. The summed E-state index contributed by atoms with van der Waals surface area (Å²) in [6.07, 6.45) is 3.95. The molecule has 4 heterocycles. The van der Waals surface area contributed by atoms with Gasteiger partial charge in [-0.1, -0.05) is 60.7 Å². The highest BCUT2D eigenvalue weighted by atomic mass is 28.5. The minimum Gasteiger partial charge on any atom is -0.432 e. The molecule has 0 N–H and O–H groups in total. The molecule has 0 aliphatic carbocycles. The van der Waals surface area contributed by atoms with Gasteiger partial charge in [-0.25, -0.2) is 0 Å². The number of allylic oxidation sites excluding steroid dienone is 2. The molecule has 0 spiro atoms. The summed E-state index contributed by atoms with van der Waals surface area (Å²) in [4.78, 5) is 0. The van der Waals surface area contributed by atoms with E-state index < -0.39 is 50.4 Å². The fourth-order valence-electron chi connectivity index (χ4n) is 5.67. The van der Waals surface area contributed by atoms with Gasteiger partial charge in [-0.15, -0.1) is 13.2 Å². The first-order chi connectivity index (χ1) is 17.4. The maximum atomic E-state index is 7.10. The van der Waals surface area contributed by atoms with Crippen LogP contribution in [0.2, 0.25) is 77.6 Å². The molecule has 208 valence electrons. The molecule has 0 atom stereocenters. The molecule has 10 heteroatoms. The summed E-state index contributed by atoms with van der Waals surface area (Å²) in [6.45, 7) is 30.8. The van der Waals surface area contributed by atoms with E-state index in [2.05, 4.69) is 127 Å². The number of hydrogen-bond acceptors (Lipinski definition) is 4. The summed E-state index contributed by atoms with van der Waals surface area (Å²) >= 11 is 0. The van der Waals surface area contributed by atoms with Crippen LogP contribution in [0.3, 0.4) is 0 Å². The topological polar surface area (TPSA) is 36.9 Å². The molecule has 0 unspecified atom stereocenters. The Kier molecular flexibility index (Phi) is 9.27. The highest BCUT2D eigenvalue weighted by molar-refractivity contribution is 6.98.